The van der Waals surface area contributed by atoms with Gasteiger partial charge in [-0.15, -0.1) is 0 Å². The zero-order chi connectivity index (χ0) is 19.5. The summed E-state index contributed by atoms with van der Waals surface area (Å²) in [4.78, 5) is 11.8. The predicted octanol–water partition coefficient (Wildman–Crippen LogP) is 2.45. The highest BCUT2D eigenvalue weighted by molar-refractivity contribution is 6.00. The molecule has 1 fully saturated rings. The molecule has 4 rings (SSSR count). The molecule has 144 valence electrons. The van der Waals surface area contributed by atoms with Gasteiger partial charge in [-0.1, -0.05) is 0 Å². The number of H-pyrrole nitrogens is 1. The van der Waals surface area contributed by atoms with Gasteiger partial charge < -0.3 is 20.4 Å². The first-order valence-corrected chi connectivity index (χ1v) is 9.26. The van der Waals surface area contributed by atoms with Crippen molar-refractivity contribution in [3.63, 3.8) is 0 Å². The van der Waals surface area contributed by atoms with Gasteiger partial charge in [0, 0.05) is 48.8 Å². The van der Waals surface area contributed by atoms with Crippen molar-refractivity contribution in [3.8, 4) is 11.4 Å². The minimum Gasteiger partial charge on any atom is -0.388 e. The maximum absolute atomic E-state index is 7.52. The van der Waals surface area contributed by atoms with Gasteiger partial charge in [0.2, 0.25) is 0 Å². The molecule has 0 radical (unpaired) electrons. The number of hydrogen-bond donors (Lipinski definition) is 3. The van der Waals surface area contributed by atoms with Crippen molar-refractivity contribution in [2.45, 2.75) is 13.0 Å². The quantitative estimate of drug-likeness (QED) is 0.590. The van der Waals surface area contributed by atoms with Crippen molar-refractivity contribution < 1.29 is 4.74 Å². The summed E-state index contributed by atoms with van der Waals surface area (Å²) >= 11 is 0. The first kappa shape index (κ1) is 18.1. The highest BCUT2D eigenvalue weighted by Crippen LogP contribution is 2.32. The number of fused-ring (bicyclic) bond motifs is 1. The summed E-state index contributed by atoms with van der Waals surface area (Å²) in [5.41, 5.74) is 4.09. The summed E-state index contributed by atoms with van der Waals surface area (Å²) < 4.78 is 5.59. The van der Waals surface area contributed by atoms with Crippen molar-refractivity contribution in [2.75, 3.05) is 31.7 Å². The van der Waals surface area contributed by atoms with Crippen LogP contribution in [0.25, 0.3) is 28.0 Å². The molecule has 0 amide bonds. The topological polar surface area (TPSA) is 103 Å². The summed E-state index contributed by atoms with van der Waals surface area (Å²) in [7, 11) is 1.86. The van der Waals surface area contributed by atoms with Crippen LogP contribution in [0.3, 0.4) is 0 Å². The Morgan fingerprint density at radius 3 is 3.04 bits per heavy atom. The molecule has 0 aliphatic carbocycles. The third kappa shape index (κ3) is 3.22. The first-order valence-electron chi connectivity index (χ1n) is 9.26. The van der Waals surface area contributed by atoms with Gasteiger partial charge in [-0.05, 0) is 31.2 Å². The number of aromatic amines is 1. The summed E-state index contributed by atoms with van der Waals surface area (Å²) in [6, 6.07) is 6.14. The molecule has 0 aromatic carbocycles. The second kappa shape index (κ2) is 7.77. The van der Waals surface area contributed by atoms with E-state index in [2.05, 4.69) is 38.4 Å². The van der Waals surface area contributed by atoms with Crippen LogP contribution >= 0.6 is 0 Å². The standard InChI is InChI=1S/C20H23N7O/c1-13-12-28-10-9-27(13)18-11-15(16(22-2)3-6-21)14-4-7-23-20(19(14)25-18)17-5-8-24-26-17/h3-8,11,13,21-22H,9-10,12H2,1-2H3,(H,24,26)/b16-3-,21-6?. The van der Waals surface area contributed by atoms with Crippen LogP contribution in [0.15, 0.2) is 36.7 Å². The number of pyridine rings is 2. The van der Waals surface area contributed by atoms with Gasteiger partial charge in [0.05, 0.1) is 19.3 Å². The third-order valence-electron chi connectivity index (χ3n) is 4.93. The Morgan fingerprint density at radius 1 is 1.43 bits per heavy atom. The molecule has 1 aliphatic rings. The lowest BCUT2D eigenvalue weighted by atomic mass is 10.0. The number of hydrogen-bond acceptors (Lipinski definition) is 7. The molecular formula is C20H23N7O. The molecule has 1 atom stereocenters. The number of morpholine rings is 1. The molecule has 1 unspecified atom stereocenters. The molecule has 8 heteroatoms. The maximum atomic E-state index is 7.52. The largest absolute Gasteiger partial charge is 0.388 e. The van der Waals surface area contributed by atoms with Crippen LogP contribution in [-0.4, -0.2) is 59.2 Å². The van der Waals surface area contributed by atoms with E-state index in [0.717, 1.165) is 45.9 Å². The fourth-order valence-electron chi connectivity index (χ4n) is 3.55. The van der Waals surface area contributed by atoms with E-state index in [9.17, 15) is 0 Å². The van der Waals surface area contributed by atoms with Crippen LogP contribution in [0.2, 0.25) is 0 Å². The Labute approximate surface area is 163 Å². The second-order valence-corrected chi connectivity index (χ2v) is 6.66. The smallest absolute Gasteiger partial charge is 0.130 e. The number of rotatable bonds is 5. The van der Waals surface area contributed by atoms with Crippen LogP contribution in [0, 0.1) is 5.41 Å². The molecule has 1 aliphatic heterocycles. The molecule has 4 heterocycles. The number of nitrogens with zero attached hydrogens (tertiary/aromatic N) is 4. The lowest BCUT2D eigenvalue weighted by Gasteiger charge is -2.34. The number of anilines is 1. The Kier molecular flexibility index (Phi) is 5.03. The van der Waals surface area contributed by atoms with Gasteiger partial charge in [0.15, 0.2) is 0 Å². The van der Waals surface area contributed by atoms with E-state index in [0.29, 0.717) is 13.2 Å². The molecule has 3 aromatic heterocycles. The van der Waals surface area contributed by atoms with Gasteiger partial charge in [-0.2, -0.15) is 5.10 Å². The number of ether oxygens (including phenoxy) is 1. The van der Waals surface area contributed by atoms with Gasteiger partial charge in [0.25, 0.3) is 0 Å². The molecule has 28 heavy (non-hydrogen) atoms. The van der Waals surface area contributed by atoms with E-state index >= 15 is 0 Å². The van der Waals surface area contributed by atoms with Gasteiger partial charge in [-0.3, -0.25) is 10.1 Å². The number of nitrogens with one attached hydrogen (secondary N) is 3. The summed E-state index contributed by atoms with van der Waals surface area (Å²) in [6.07, 6.45) is 6.58. The number of allylic oxidation sites excluding steroid dienone is 1. The number of aromatic nitrogens is 4. The van der Waals surface area contributed by atoms with Crippen molar-refractivity contribution in [1.29, 1.82) is 5.41 Å². The van der Waals surface area contributed by atoms with Crippen LogP contribution in [0.5, 0.6) is 0 Å². The average Bonchev–Trinajstić information content (AvgIpc) is 3.26. The van der Waals surface area contributed by atoms with Crippen molar-refractivity contribution >= 4 is 28.6 Å². The highest BCUT2D eigenvalue weighted by atomic mass is 16.5. The van der Waals surface area contributed by atoms with Crippen molar-refractivity contribution in [1.82, 2.24) is 25.5 Å². The van der Waals surface area contributed by atoms with Crippen LogP contribution in [0.4, 0.5) is 5.82 Å². The second-order valence-electron chi connectivity index (χ2n) is 6.66. The molecule has 3 N–H and O–H groups in total. The molecule has 0 saturated carbocycles. The Balaban J connectivity index is 1.99. The van der Waals surface area contributed by atoms with Crippen LogP contribution in [-0.2, 0) is 4.74 Å². The summed E-state index contributed by atoms with van der Waals surface area (Å²) in [5, 5.41) is 18.8. The van der Waals surface area contributed by atoms with E-state index in [1.54, 1.807) is 18.5 Å². The van der Waals surface area contributed by atoms with E-state index in [1.165, 1.54) is 6.21 Å². The van der Waals surface area contributed by atoms with Crippen molar-refractivity contribution in [2.24, 2.45) is 0 Å². The van der Waals surface area contributed by atoms with E-state index < -0.39 is 0 Å². The zero-order valence-corrected chi connectivity index (χ0v) is 15.9. The molecule has 1 saturated heterocycles. The predicted molar refractivity (Wildman–Crippen MR) is 111 cm³/mol. The Morgan fingerprint density at radius 2 is 2.32 bits per heavy atom. The van der Waals surface area contributed by atoms with Gasteiger partial charge >= 0.3 is 0 Å². The fraction of sp³-hybridized carbons (Fsp3) is 0.300. The minimum atomic E-state index is 0.224. The SMILES string of the molecule is CN/C(=C\C=N)c1cc(N2CCOCC2C)nc2c(-c3cc[nH]n3)nccc12. The Hall–Kier alpha value is -3.26. The first-order chi connectivity index (χ1) is 13.7. The monoisotopic (exact) mass is 377 g/mol. The van der Waals surface area contributed by atoms with Gasteiger partial charge in [0.1, 0.15) is 22.7 Å². The molecule has 8 nitrogen and oxygen atoms in total. The minimum absolute atomic E-state index is 0.224. The van der Waals surface area contributed by atoms with Gasteiger partial charge in [-0.25, -0.2) is 4.98 Å². The average molecular weight is 377 g/mol. The molecule has 0 bridgehead atoms. The summed E-state index contributed by atoms with van der Waals surface area (Å²) in [5.74, 6) is 0.870. The van der Waals surface area contributed by atoms with Crippen LogP contribution < -0.4 is 10.2 Å². The lowest BCUT2D eigenvalue weighted by molar-refractivity contribution is 0.0985. The normalized spacial score (nSPS) is 17.7. The molecule has 0 spiro atoms. The third-order valence-corrected chi connectivity index (χ3v) is 4.93. The Bertz CT molecular complexity index is 1010. The molecular weight excluding hydrogens is 354 g/mol. The molecule has 3 aromatic rings. The van der Waals surface area contributed by atoms with E-state index in [4.69, 9.17) is 15.1 Å². The van der Waals surface area contributed by atoms with Crippen molar-refractivity contribution in [3.05, 3.63) is 42.2 Å². The van der Waals surface area contributed by atoms with Crippen LogP contribution in [0.1, 0.15) is 12.5 Å². The maximum Gasteiger partial charge on any atom is 0.130 e. The van der Waals surface area contributed by atoms with E-state index in [-0.39, 0.29) is 6.04 Å². The fourth-order valence-corrected chi connectivity index (χ4v) is 3.55. The highest BCUT2D eigenvalue weighted by Gasteiger charge is 2.23. The van der Waals surface area contributed by atoms with E-state index in [1.807, 2.05) is 19.2 Å². The summed E-state index contributed by atoms with van der Waals surface area (Å²) in [6.45, 7) is 4.26. The zero-order valence-electron chi connectivity index (χ0n) is 15.9. The lowest BCUT2D eigenvalue weighted by Crippen LogP contribution is -2.44.